The highest BCUT2D eigenvalue weighted by molar-refractivity contribution is 5.95. The maximum absolute atomic E-state index is 12.6. The van der Waals surface area contributed by atoms with E-state index >= 15 is 0 Å². The molecule has 0 N–H and O–H groups in total. The van der Waals surface area contributed by atoms with Gasteiger partial charge in [0, 0.05) is 37.7 Å². The predicted octanol–water partition coefficient (Wildman–Crippen LogP) is 1.75. The number of hydrogen-bond acceptors (Lipinski definition) is 4. The van der Waals surface area contributed by atoms with Gasteiger partial charge in [-0.1, -0.05) is 13.8 Å². The van der Waals surface area contributed by atoms with Gasteiger partial charge in [0.2, 0.25) is 12.7 Å². The van der Waals surface area contributed by atoms with E-state index in [1.54, 1.807) is 23.1 Å². The fourth-order valence-electron chi connectivity index (χ4n) is 2.83. The first-order chi connectivity index (χ1) is 11.1. The number of amides is 2. The Kier molecular flexibility index (Phi) is 4.41. The Morgan fingerprint density at radius 3 is 2.43 bits per heavy atom. The van der Waals surface area contributed by atoms with Crippen molar-refractivity contribution in [1.29, 1.82) is 0 Å². The van der Waals surface area contributed by atoms with E-state index in [1.165, 1.54) is 0 Å². The molecule has 3 rings (SSSR count). The van der Waals surface area contributed by atoms with Crippen LogP contribution in [0.5, 0.6) is 11.5 Å². The number of piperazine rings is 1. The SMILES string of the molecule is CCC(C)C(=O)N1CCN(C(=O)c2ccc3c(c2)OCO3)CC1. The van der Waals surface area contributed by atoms with Crippen molar-refractivity contribution in [3.05, 3.63) is 23.8 Å². The second-order valence-corrected chi connectivity index (χ2v) is 5.99. The van der Waals surface area contributed by atoms with E-state index in [0.717, 1.165) is 6.42 Å². The molecule has 0 saturated carbocycles. The van der Waals surface area contributed by atoms with Gasteiger partial charge < -0.3 is 19.3 Å². The number of nitrogens with zero attached hydrogens (tertiary/aromatic N) is 2. The molecule has 1 saturated heterocycles. The largest absolute Gasteiger partial charge is 0.454 e. The molecular weight excluding hydrogens is 296 g/mol. The van der Waals surface area contributed by atoms with Gasteiger partial charge in [-0.25, -0.2) is 0 Å². The Hall–Kier alpha value is -2.24. The maximum Gasteiger partial charge on any atom is 0.254 e. The van der Waals surface area contributed by atoms with E-state index < -0.39 is 0 Å². The zero-order chi connectivity index (χ0) is 16.4. The van der Waals surface area contributed by atoms with E-state index in [9.17, 15) is 9.59 Å². The molecule has 6 nitrogen and oxygen atoms in total. The minimum Gasteiger partial charge on any atom is -0.454 e. The van der Waals surface area contributed by atoms with Crippen LogP contribution in [0.25, 0.3) is 0 Å². The summed E-state index contributed by atoms with van der Waals surface area (Å²) in [7, 11) is 0. The summed E-state index contributed by atoms with van der Waals surface area (Å²) in [5, 5.41) is 0. The molecule has 2 aliphatic heterocycles. The van der Waals surface area contributed by atoms with Gasteiger partial charge in [0.1, 0.15) is 0 Å². The number of ether oxygens (including phenoxy) is 2. The van der Waals surface area contributed by atoms with Crippen LogP contribution in [0, 0.1) is 5.92 Å². The van der Waals surface area contributed by atoms with Gasteiger partial charge in [-0.05, 0) is 24.6 Å². The summed E-state index contributed by atoms with van der Waals surface area (Å²) in [4.78, 5) is 28.4. The van der Waals surface area contributed by atoms with Crippen LogP contribution in [0.3, 0.4) is 0 Å². The van der Waals surface area contributed by atoms with Gasteiger partial charge >= 0.3 is 0 Å². The van der Waals surface area contributed by atoms with Crippen molar-refractivity contribution in [2.24, 2.45) is 5.92 Å². The first-order valence-corrected chi connectivity index (χ1v) is 8.08. The monoisotopic (exact) mass is 318 g/mol. The molecule has 1 fully saturated rings. The summed E-state index contributed by atoms with van der Waals surface area (Å²) >= 11 is 0. The van der Waals surface area contributed by atoms with Crippen molar-refractivity contribution in [2.75, 3.05) is 33.0 Å². The van der Waals surface area contributed by atoms with Crippen molar-refractivity contribution in [3.63, 3.8) is 0 Å². The van der Waals surface area contributed by atoms with Crippen LogP contribution in [0.4, 0.5) is 0 Å². The third-order valence-electron chi connectivity index (χ3n) is 4.53. The van der Waals surface area contributed by atoms with Crippen LogP contribution in [0.1, 0.15) is 30.6 Å². The predicted molar refractivity (Wildman–Crippen MR) is 84.5 cm³/mol. The summed E-state index contributed by atoms with van der Waals surface area (Å²) in [6, 6.07) is 5.24. The minimum atomic E-state index is -0.0288. The van der Waals surface area contributed by atoms with Crippen molar-refractivity contribution >= 4 is 11.8 Å². The summed E-state index contributed by atoms with van der Waals surface area (Å²) in [6.07, 6.45) is 0.842. The van der Waals surface area contributed by atoms with E-state index in [4.69, 9.17) is 9.47 Å². The van der Waals surface area contributed by atoms with Gasteiger partial charge in [-0.15, -0.1) is 0 Å². The second-order valence-electron chi connectivity index (χ2n) is 5.99. The lowest BCUT2D eigenvalue weighted by molar-refractivity contribution is -0.136. The molecule has 2 heterocycles. The number of rotatable bonds is 3. The van der Waals surface area contributed by atoms with Crippen LogP contribution in [-0.4, -0.2) is 54.6 Å². The summed E-state index contributed by atoms with van der Waals surface area (Å²) in [5.41, 5.74) is 0.593. The Morgan fingerprint density at radius 2 is 1.74 bits per heavy atom. The van der Waals surface area contributed by atoms with Gasteiger partial charge in [-0.2, -0.15) is 0 Å². The molecule has 1 atom stereocenters. The highest BCUT2D eigenvalue weighted by Crippen LogP contribution is 2.32. The molecule has 0 aliphatic carbocycles. The lowest BCUT2D eigenvalue weighted by Gasteiger charge is -2.36. The number of carbonyl (C=O) groups is 2. The van der Waals surface area contributed by atoms with Crippen LogP contribution in [-0.2, 0) is 4.79 Å². The molecule has 1 aromatic rings. The normalized spacial score (nSPS) is 18.0. The highest BCUT2D eigenvalue weighted by atomic mass is 16.7. The van der Waals surface area contributed by atoms with Crippen LogP contribution in [0.15, 0.2) is 18.2 Å². The van der Waals surface area contributed by atoms with E-state index in [2.05, 4.69) is 0 Å². The molecule has 0 radical (unpaired) electrons. The lowest BCUT2D eigenvalue weighted by Crippen LogP contribution is -2.51. The average Bonchev–Trinajstić information content (AvgIpc) is 3.07. The lowest BCUT2D eigenvalue weighted by atomic mass is 10.1. The highest BCUT2D eigenvalue weighted by Gasteiger charge is 2.27. The first-order valence-electron chi connectivity index (χ1n) is 8.08. The molecule has 1 unspecified atom stereocenters. The fourth-order valence-corrected chi connectivity index (χ4v) is 2.83. The molecule has 0 aromatic heterocycles. The molecule has 2 amide bonds. The quantitative estimate of drug-likeness (QED) is 0.852. The smallest absolute Gasteiger partial charge is 0.254 e. The van der Waals surface area contributed by atoms with E-state index in [0.29, 0.717) is 43.2 Å². The van der Waals surface area contributed by atoms with E-state index in [-0.39, 0.29) is 24.5 Å². The Balaban J connectivity index is 1.61. The third kappa shape index (κ3) is 3.11. The van der Waals surface area contributed by atoms with Crippen molar-refractivity contribution in [2.45, 2.75) is 20.3 Å². The Morgan fingerprint density at radius 1 is 1.09 bits per heavy atom. The standard InChI is InChI=1S/C17H22N2O4/c1-3-12(2)16(20)18-6-8-19(9-7-18)17(21)13-4-5-14-15(10-13)23-11-22-14/h4-5,10,12H,3,6-9,11H2,1-2H3. The first kappa shape index (κ1) is 15.6. The number of benzene rings is 1. The topological polar surface area (TPSA) is 59.1 Å². The van der Waals surface area contributed by atoms with Crippen molar-refractivity contribution < 1.29 is 19.1 Å². The van der Waals surface area contributed by atoms with Gasteiger partial charge in [0.15, 0.2) is 11.5 Å². The number of hydrogen-bond donors (Lipinski definition) is 0. The Labute approximate surface area is 136 Å². The molecule has 6 heteroatoms. The molecule has 1 aromatic carbocycles. The van der Waals surface area contributed by atoms with Crippen molar-refractivity contribution in [3.8, 4) is 11.5 Å². The van der Waals surface area contributed by atoms with Crippen molar-refractivity contribution in [1.82, 2.24) is 9.80 Å². The van der Waals surface area contributed by atoms with Gasteiger partial charge in [0.05, 0.1) is 0 Å². The Bertz CT molecular complexity index is 609. The van der Waals surface area contributed by atoms with Crippen LogP contribution >= 0.6 is 0 Å². The summed E-state index contributed by atoms with van der Waals surface area (Å²) < 4.78 is 10.6. The summed E-state index contributed by atoms with van der Waals surface area (Å²) in [6.45, 7) is 6.49. The minimum absolute atomic E-state index is 0.0288. The van der Waals surface area contributed by atoms with Crippen LogP contribution < -0.4 is 9.47 Å². The summed E-state index contributed by atoms with van der Waals surface area (Å²) in [5.74, 6) is 1.49. The van der Waals surface area contributed by atoms with E-state index in [1.807, 2.05) is 18.7 Å². The second kappa shape index (κ2) is 6.48. The number of fused-ring (bicyclic) bond motifs is 1. The molecule has 2 aliphatic rings. The maximum atomic E-state index is 12.6. The zero-order valence-corrected chi connectivity index (χ0v) is 13.6. The molecule has 0 bridgehead atoms. The molecule has 23 heavy (non-hydrogen) atoms. The zero-order valence-electron chi connectivity index (χ0n) is 13.6. The fraction of sp³-hybridized carbons (Fsp3) is 0.529. The molecule has 0 spiro atoms. The van der Waals surface area contributed by atoms with Crippen LogP contribution in [0.2, 0.25) is 0 Å². The van der Waals surface area contributed by atoms with Gasteiger partial charge in [0.25, 0.3) is 5.91 Å². The third-order valence-corrected chi connectivity index (χ3v) is 4.53. The van der Waals surface area contributed by atoms with Gasteiger partial charge in [-0.3, -0.25) is 9.59 Å². The number of carbonyl (C=O) groups excluding carboxylic acids is 2. The molecular formula is C17H22N2O4. The molecule has 124 valence electrons. The average molecular weight is 318 g/mol.